The molecule has 20 heavy (non-hydrogen) atoms. The van der Waals surface area contributed by atoms with Crippen molar-refractivity contribution in [2.45, 2.75) is 6.42 Å². The van der Waals surface area contributed by atoms with E-state index < -0.39 is 0 Å². The molecule has 0 unspecified atom stereocenters. The van der Waals surface area contributed by atoms with Gasteiger partial charge in [0.25, 0.3) is 0 Å². The molecule has 0 aliphatic heterocycles. The van der Waals surface area contributed by atoms with E-state index in [4.69, 9.17) is 11.6 Å². The van der Waals surface area contributed by atoms with Gasteiger partial charge in [0.2, 0.25) is 0 Å². The Bertz CT molecular complexity index is 774. The fraction of sp³-hybridized carbons (Fsp3) is 0.118. The van der Waals surface area contributed by atoms with E-state index in [1.54, 1.807) is 0 Å². The minimum atomic E-state index is 0.123. The predicted molar refractivity (Wildman–Crippen MR) is 82.4 cm³/mol. The standard InChI is InChI=1S/C17H14ClNO/c1-19-11-13(15-10-14(18)7-8-16(15)19)9-17(20)12-5-3-2-4-6-12/h2-8,10-11H,9H2,1H3. The molecular formula is C17H14ClNO. The predicted octanol–water partition coefficient (Wildman–Crippen LogP) is 4.26. The molecule has 2 nitrogen and oxygen atoms in total. The van der Waals surface area contributed by atoms with Gasteiger partial charge in [-0.05, 0) is 23.8 Å². The quantitative estimate of drug-likeness (QED) is 0.659. The fourth-order valence-electron chi connectivity index (χ4n) is 2.49. The van der Waals surface area contributed by atoms with Crippen LogP contribution in [0.3, 0.4) is 0 Å². The van der Waals surface area contributed by atoms with Crippen LogP contribution in [-0.4, -0.2) is 10.4 Å². The molecule has 0 N–H and O–H groups in total. The van der Waals surface area contributed by atoms with Gasteiger partial charge < -0.3 is 4.57 Å². The van der Waals surface area contributed by atoms with Crippen molar-refractivity contribution >= 4 is 28.3 Å². The summed E-state index contributed by atoms with van der Waals surface area (Å²) in [4.78, 5) is 12.3. The number of hydrogen-bond donors (Lipinski definition) is 0. The number of ketones is 1. The Morgan fingerprint density at radius 1 is 1.15 bits per heavy atom. The van der Waals surface area contributed by atoms with E-state index in [0.29, 0.717) is 11.4 Å². The highest BCUT2D eigenvalue weighted by Gasteiger charge is 2.12. The van der Waals surface area contributed by atoms with Gasteiger partial charge >= 0.3 is 0 Å². The maximum absolute atomic E-state index is 12.3. The summed E-state index contributed by atoms with van der Waals surface area (Å²) >= 11 is 6.06. The van der Waals surface area contributed by atoms with Gasteiger partial charge in [0.15, 0.2) is 5.78 Å². The third kappa shape index (κ3) is 2.35. The highest BCUT2D eigenvalue weighted by Crippen LogP contribution is 2.25. The summed E-state index contributed by atoms with van der Waals surface area (Å²) in [6, 6.07) is 15.1. The summed E-state index contributed by atoms with van der Waals surface area (Å²) < 4.78 is 2.03. The van der Waals surface area contributed by atoms with Crippen LogP contribution in [0.2, 0.25) is 5.02 Å². The lowest BCUT2D eigenvalue weighted by molar-refractivity contribution is 0.0993. The number of fused-ring (bicyclic) bond motifs is 1. The Morgan fingerprint density at radius 3 is 2.65 bits per heavy atom. The molecule has 1 aromatic heterocycles. The van der Waals surface area contributed by atoms with E-state index in [2.05, 4.69) is 0 Å². The first-order valence-electron chi connectivity index (χ1n) is 6.47. The van der Waals surface area contributed by atoms with Gasteiger partial charge in [-0.25, -0.2) is 0 Å². The van der Waals surface area contributed by atoms with Crippen LogP contribution in [-0.2, 0) is 13.5 Å². The largest absolute Gasteiger partial charge is 0.350 e. The lowest BCUT2D eigenvalue weighted by Gasteiger charge is -2.00. The van der Waals surface area contributed by atoms with Crippen LogP contribution in [0.15, 0.2) is 54.7 Å². The number of benzene rings is 2. The minimum absolute atomic E-state index is 0.123. The first kappa shape index (κ1) is 12.9. The van der Waals surface area contributed by atoms with Crippen LogP contribution in [0.25, 0.3) is 10.9 Å². The normalized spacial score (nSPS) is 10.9. The van der Waals surface area contributed by atoms with Crippen molar-refractivity contribution < 1.29 is 4.79 Å². The molecular weight excluding hydrogens is 270 g/mol. The molecule has 0 bridgehead atoms. The third-order valence-corrected chi connectivity index (χ3v) is 3.72. The summed E-state index contributed by atoms with van der Waals surface area (Å²) in [6.07, 6.45) is 2.39. The third-order valence-electron chi connectivity index (χ3n) is 3.48. The van der Waals surface area contributed by atoms with Gasteiger partial charge in [-0.3, -0.25) is 4.79 Å². The molecule has 0 saturated heterocycles. The van der Waals surface area contributed by atoms with E-state index in [1.165, 1.54) is 0 Å². The van der Waals surface area contributed by atoms with Gasteiger partial charge in [-0.1, -0.05) is 41.9 Å². The van der Waals surface area contributed by atoms with Crippen molar-refractivity contribution in [1.82, 2.24) is 4.57 Å². The highest BCUT2D eigenvalue weighted by molar-refractivity contribution is 6.31. The van der Waals surface area contributed by atoms with Gasteiger partial charge in [0, 0.05) is 41.2 Å². The Labute approximate surface area is 122 Å². The van der Waals surface area contributed by atoms with Crippen LogP contribution in [0.4, 0.5) is 0 Å². The van der Waals surface area contributed by atoms with Crippen molar-refractivity contribution in [2.24, 2.45) is 7.05 Å². The van der Waals surface area contributed by atoms with Crippen molar-refractivity contribution in [2.75, 3.05) is 0 Å². The highest BCUT2D eigenvalue weighted by atomic mass is 35.5. The number of aryl methyl sites for hydroxylation is 1. The zero-order valence-corrected chi connectivity index (χ0v) is 11.9. The molecule has 0 saturated carbocycles. The molecule has 0 aliphatic carbocycles. The zero-order chi connectivity index (χ0) is 14.1. The van der Waals surface area contributed by atoms with E-state index >= 15 is 0 Å². The molecule has 0 aliphatic rings. The SMILES string of the molecule is Cn1cc(CC(=O)c2ccccc2)c2cc(Cl)ccc21. The average Bonchev–Trinajstić information content (AvgIpc) is 2.76. The van der Waals surface area contributed by atoms with Crippen LogP contribution in [0.5, 0.6) is 0 Å². The first-order valence-corrected chi connectivity index (χ1v) is 6.84. The molecule has 2 aromatic carbocycles. The Balaban J connectivity index is 1.99. The molecule has 0 amide bonds. The smallest absolute Gasteiger partial charge is 0.167 e. The van der Waals surface area contributed by atoms with E-state index in [1.807, 2.05) is 66.3 Å². The average molecular weight is 284 g/mol. The molecule has 100 valence electrons. The maximum Gasteiger partial charge on any atom is 0.167 e. The summed E-state index contributed by atoms with van der Waals surface area (Å²) in [7, 11) is 1.98. The number of Topliss-reactive ketones (excluding diaryl/α,β-unsaturated/α-hetero) is 1. The van der Waals surface area contributed by atoms with E-state index in [9.17, 15) is 4.79 Å². The summed E-state index contributed by atoms with van der Waals surface area (Å²) in [6.45, 7) is 0. The summed E-state index contributed by atoms with van der Waals surface area (Å²) in [5.41, 5.74) is 2.84. The number of carbonyl (C=O) groups excluding carboxylic acids is 1. The van der Waals surface area contributed by atoms with E-state index in [0.717, 1.165) is 22.0 Å². The lowest BCUT2D eigenvalue weighted by atomic mass is 10.0. The molecule has 0 spiro atoms. The summed E-state index contributed by atoms with van der Waals surface area (Å²) in [5.74, 6) is 0.123. The number of halogens is 1. The molecule has 3 rings (SSSR count). The van der Waals surface area contributed by atoms with Gasteiger partial charge in [0.1, 0.15) is 0 Å². The fourth-order valence-corrected chi connectivity index (χ4v) is 2.66. The molecule has 0 atom stereocenters. The second-order valence-electron chi connectivity index (χ2n) is 4.89. The van der Waals surface area contributed by atoms with E-state index in [-0.39, 0.29) is 5.78 Å². The molecule has 0 fully saturated rings. The van der Waals surface area contributed by atoms with Crippen molar-refractivity contribution in [3.8, 4) is 0 Å². The second-order valence-corrected chi connectivity index (χ2v) is 5.33. The van der Waals surface area contributed by atoms with Crippen molar-refractivity contribution in [1.29, 1.82) is 0 Å². The monoisotopic (exact) mass is 283 g/mol. The number of hydrogen-bond acceptors (Lipinski definition) is 1. The lowest BCUT2D eigenvalue weighted by Crippen LogP contribution is -2.02. The van der Waals surface area contributed by atoms with Gasteiger partial charge in [-0.2, -0.15) is 0 Å². The van der Waals surface area contributed by atoms with Crippen molar-refractivity contribution in [3.63, 3.8) is 0 Å². The van der Waals surface area contributed by atoms with Crippen LogP contribution in [0, 0.1) is 0 Å². The van der Waals surface area contributed by atoms with Gasteiger partial charge in [-0.15, -0.1) is 0 Å². The van der Waals surface area contributed by atoms with Crippen LogP contribution >= 0.6 is 11.6 Å². The molecule has 3 aromatic rings. The number of carbonyl (C=O) groups is 1. The zero-order valence-electron chi connectivity index (χ0n) is 11.1. The minimum Gasteiger partial charge on any atom is -0.350 e. The van der Waals surface area contributed by atoms with Crippen LogP contribution < -0.4 is 0 Å². The number of rotatable bonds is 3. The molecule has 0 radical (unpaired) electrons. The van der Waals surface area contributed by atoms with Crippen molar-refractivity contribution in [3.05, 3.63) is 70.9 Å². The maximum atomic E-state index is 12.3. The Hall–Kier alpha value is -2.06. The first-order chi connectivity index (χ1) is 9.65. The number of nitrogens with zero attached hydrogens (tertiary/aromatic N) is 1. The summed E-state index contributed by atoms with van der Waals surface area (Å²) in [5, 5.41) is 1.74. The molecule has 1 heterocycles. The second kappa shape index (κ2) is 5.14. The Morgan fingerprint density at radius 2 is 1.90 bits per heavy atom. The molecule has 3 heteroatoms. The van der Waals surface area contributed by atoms with Gasteiger partial charge in [0.05, 0.1) is 0 Å². The van der Waals surface area contributed by atoms with Crippen LogP contribution in [0.1, 0.15) is 15.9 Å². The topological polar surface area (TPSA) is 22.0 Å². The number of aromatic nitrogens is 1. The Kier molecular flexibility index (Phi) is 3.33.